The van der Waals surface area contributed by atoms with Crippen molar-refractivity contribution in [2.75, 3.05) is 5.75 Å². The lowest BCUT2D eigenvalue weighted by molar-refractivity contribution is -0.142. The SMILES string of the molecule is NC(CS(N)(=O)=O)C(F)(F)F. The molecule has 0 bridgehead atoms. The van der Waals surface area contributed by atoms with E-state index in [2.05, 4.69) is 10.9 Å². The van der Waals surface area contributed by atoms with Crippen molar-refractivity contribution in [1.82, 2.24) is 0 Å². The van der Waals surface area contributed by atoms with Gasteiger partial charge < -0.3 is 5.73 Å². The maximum atomic E-state index is 11.5. The first-order valence-electron chi connectivity index (χ1n) is 2.45. The Bertz CT molecular complexity index is 221. The lowest BCUT2D eigenvalue weighted by atomic mass is 10.4. The third-order valence-corrected chi connectivity index (χ3v) is 1.66. The molecular weight excluding hydrogens is 185 g/mol. The summed E-state index contributed by atoms with van der Waals surface area (Å²) in [5.41, 5.74) is 4.45. The van der Waals surface area contributed by atoms with Crippen molar-refractivity contribution in [1.29, 1.82) is 0 Å². The minimum Gasteiger partial charge on any atom is -0.319 e. The number of primary sulfonamides is 1. The van der Waals surface area contributed by atoms with Crippen LogP contribution in [0.1, 0.15) is 0 Å². The van der Waals surface area contributed by atoms with Gasteiger partial charge in [0.1, 0.15) is 6.04 Å². The molecule has 4 N–H and O–H groups in total. The predicted molar refractivity (Wildman–Crippen MR) is 32.0 cm³/mol. The maximum absolute atomic E-state index is 11.5. The zero-order chi connectivity index (χ0) is 9.28. The zero-order valence-electron chi connectivity index (χ0n) is 5.30. The molecular formula is C3H7F3N2O2S. The molecule has 0 spiro atoms. The summed E-state index contributed by atoms with van der Waals surface area (Å²) in [6.07, 6.45) is -4.72. The van der Waals surface area contributed by atoms with Gasteiger partial charge >= 0.3 is 6.18 Å². The highest BCUT2D eigenvalue weighted by Crippen LogP contribution is 2.18. The van der Waals surface area contributed by atoms with Crippen LogP contribution in [0.4, 0.5) is 13.2 Å². The average Bonchev–Trinajstić information content (AvgIpc) is 1.56. The lowest BCUT2D eigenvalue weighted by Gasteiger charge is -2.13. The normalized spacial score (nSPS) is 16.5. The van der Waals surface area contributed by atoms with Crippen molar-refractivity contribution in [3.05, 3.63) is 0 Å². The van der Waals surface area contributed by atoms with Crippen LogP contribution in [-0.2, 0) is 10.0 Å². The van der Waals surface area contributed by atoms with Crippen LogP contribution in [0.5, 0.6) is 0 Å². The average molecular weight is 192 g/mol. The Hall–Kier alpha value is -0.340. The van der Waals surface area contributed by atoms with Crippen LogP contribution in [0.3, 0.4) is 0 Å². The van der Waals surface area contributed by atoms with Crippen LogP contribution < -0.4 is 10.9 Å². The van der Waals surface area contributed by atoms with Gasteiger partial charge in [0.2, 0.25) is 10.0 Å². The quantitative estimate of drug-likeness (QED) is 0.598. The molecule has 0 radical (unpaired) electrons. The third-order valence-electron chi connectivity index (χ3n) is 0.832. The van der Waals surface area contributed by atoms with E-state index in [0.29, 0.717) is 0 Å². The smallest absolute Gasteiger partial charge is 0.319 e. The standard InChI is InChI=1S/C3H7F3N2O2S/c4-3(5,6)2(7)1-11(8,9)10/h2H,1,7H2,(H2,8,9,10). The summed E-state index contributed by atoms with van der Waals surface area (Å²) in [5.74, 6) is -1.28. The van der Waals surface area contributed by atoms with Gasteiger partial charge in [-0.15, -0.1) is 0 Å². The number of alkyl halides is 3. The first kappa shape index (κ1) is 10.7. The molecule has 8 heteroatoms. The van der Waals surface area contributed by atoms with E-state index in [4.69, 9.17) is 0 Å². The molecule has 0 amide bonds. The van der Waals surface area contributed by atoms with E-state index in [9.17, 15) is 21.6 Å². The molecule has 0 aliphatic rings. The van der Waals surface area contributed by atoms with Gasteiger partial charge in [-0.05, 0) is 0 Å². The summed E-state index contributed by atoms with van der Waals surface area (Å²) in [4.78, 5) is 0. The van der Waals surface area contributed by atoms with Gasteiger partial charge in [0.05, 0.1) is 5.75 Å². The Balaban J connectivity index is 4.21. The number of halogens is 3. The Morgan fingerprint density at radius 3 is 1.82 bits per heavy atom. The van der Waals surface area contributed by atoms with E-state index in [0.717, 1.165) is 0 Å². The molecule has 0 heterocycles. The Labute approximate surface area is 61.4 Å². The van der Waals surface area contributed by atoms with Crippen molar-refractivity contribution >= 4 is 10.0 Å². The first-order valence-corrected chi connectivity index (χ1v) is 4.17. The topological polar surface area (TPSA) is 86.2 Å². The molecule has 0 fully saturated rings. The highest BCUT2D eigenvalue weighted by molar-refractivity contribution is 7.89. The fourth-order valence-corrected chi connectivity index (χ4v) is 1.03. The number of hydrogen-bond acceptors (Lipinski definition) is 3. The highest BCUT2D eigenvalue weighted by atomic mass is 32.2. The number of nitrogens with two attached hydrogens (primary N) is 2. The molecule has 1 atom stereocenters. The molecule has 0 saturated carbocycles. The number of rotatable bonds is 2. The highest BCUT2D eigenvalue weighted by Gasteiger charge is 2.38. The second kappa shape index (κ2) is 2.95. The molecule has 0 aliphatic heterocycles. The van der Waals surface area contributed by atoms with E-state index in [1.807, 2.05) is 0 Å². The van der Waals surface area contributed by atoms with E-state index in [1.54, 1.807) is 0 Å². The minimum atomic E-state index is -4.72. The molecule has 0 aromatic rings. The summed E-state index contributed by atoms with van der Waals surface area (Å²) >= 11 is 0. The van der Waals surface area contributed by atoms with Gasteiger partial charge in [0.15, 0.2) is 0 Å². The van der Waals surface area contributed by atoms with Crippen molar-refractivity contribution in [3.63, 3.8) is 0 Å². The van der Waals surface area contributed by atoms with Crippen LogP contribution in [0.25, 0.3) is 0 Å². The molecule has 4 nitrogen and oxygen atoms in total. The van der Waals surface area contributed by atoms with Gasteiger partial charge in [0.25, 0.3) is 0 Å². The van der Waals surface area contributed by atoms with Crippen molar-refractivity contribution in [2.45, 2.75) is 12.2 Å². The van der Waals surface area contributed by atoms with E-state index in [-0.39, 0.29) is 0 Å². The number of hydrogen-bond donors (Lipinski definition) is 2. The van der Waals surface area contributed by atoms with Crippen LogP contribution in [0.2, 0.25) is 0 Å². The second-order valence-corrected chi connectivity index (χ2v) is 3.64. The summed E-state index contributed by atoms with van der Waals surface area (Å²) in [6.45, 7) is 0. The lowest BCUT2D eigenvalue weighted by Crippen LogP contribution is -2.44. The summed E-state index contributed by atoms with van der Waals surface area (Å²) < 4.78 is 54.8. The van der Waals surface area contributed by atoms with Gasteiger partial charge in [0, 0.05) is 0 Å². The third kappa shape index (κ3) is 4.99. The van der Waals surface area contributed by atoms with Crippen molar-refractivity contribution in [2.24, 2.45) is 10.9 Å². The molecule has 68 valence electrons. The minimum absolute atomic E-state index is 1.28. The second-order valence-electron chi connectivity index (χ2n) is 1.98. The Kier molecular flexibility index (Phi) is 2.86. The molecule has 0 saturated heterocycles. The van der Waals surface area contributed by atoms with Gasteiger partial charge in [-0.3, -0.25) is 0 Å². The largest absolute Gasteiger partial charge is 0.404 e. The van der Waals surface area contributed by atoms with Crippen molar-refractivity contribution in [3.8, 4) is 0 Å². The number of sulfonamides is 1. The molecule has 11 heavy (non-hydrogen) atoms. The summed E-state index contributed by atoms with van der Waals surface area (Å²) in [7, 11) is -4.15. The summed E-state index contributed by atoms with van der Waals surface area (Å²) in [6, 6.07) is -2.41. The van der Waals surface area contributed by atoms with Crippen LogP contribution in [0.15, 0.2) is 0 Å². The molecule has 0 rings (SSSR count). The van der Waals surface area contributed by atoms with Crippen molar-refractivity contribution < 1.29 is 21.6 Å². The fourth-order valence-electron chi connectivity index (χ4n) is 0.345. The first-order chi connectivity index (χ1) is 4.63. The van der Waals surface area contributed by atoms with Gasteiger partial charge in [-0.1, -0.05) is 0 Å². The van der Waals surface area contributed by atoms with E-state index in [1.165, 1.54) is 0 Å². The van der Waals surface area contributed by atoms with Gasteiger partial charge in [-0.25, -0.2) is 13.6 Å². The fraction of sp³-hybridized carbons (Fsp3) is 1.00. The van der Waals surface area contributed by atoms with E-state index < -0.39 is 28.0 Å². The maximum Gasteiger partial charge on any atom is 0.404 e. The van der Waals surface area contributed by atoms with Crippen LogP contribution in [-0.4, -0.2) is 26.4 Å². The molecule has 0 aromatic carbocycles. The summed E-state index contributed by atoms with van der Waals surface area (Å²) in [5, 5.41) is 4.33. The molecule has 1 unspecified atom stereocenters. The predicted octanol–water partition coefficient (Wildman–Crippen LogP) is -0.835. The Morgan fingerprint density at radius 2 is 1.73 bits per heavy atom. The monoisotopic (exact) mass is 192 g/mol. The molecule has 0 aliphatic carbocycles. The van der Waals surface area contributed by atoms with Gasteiger partial charge in [-0.2, -0.15) is 13.2 Å². The molecule has 0 aromatic heterocycles. The van der Waals surface area contributed by atoms with Crippen LogP contribution in [0, 0.1) is 0 Å². The zero-order valence-corrected chi connectivity index (χ0v) is 6.11. The Morgan fingerprint density at radius 1 is 1.36 bits per heavy atom. The van der Waals surface area contributed by atoms with Crippen LogP contribution >= 0.6 is 0 Å². The van der Waals surface area contributed by atoms with E-state index >= 15 is 0 Å².